The van der Waals surface area contributed by atoms with Gasteiger partial charge < -0.3 is 9.84 Å². The van der Waals surface area contributed by atoms with Gasteiger partial charge in [0.25, 0.3) is 0 Å². The van der Waals surface area contributed by atoms with Gasteiger partial charge in [-0.15, -0.1) is 0 Å². The molecule has 0 radical (unpaired) electrons. The maximum Gasteiger partial charge on any atom is 0.150 e. The van der Waals surface area contributed by atoms with E-state index in [1.807, 2.05) is 6.07 Å². The van der Waals surface area contributed by atoms with Crippen molar-refractivity contribution in [3.8, 4) is 0 Å². The fourth-order valence-electron chi connectivity index (χ4n) is 3.19. The second-order valence-corrected chi connectivity index (χ2v) is 5.50. The van der Waals surface area contributed by atoms with Gasteiger partial charge in [-0.1, -0.05) is 5.16 Å². The first-order chi connectivity index (χ1) is 8.36. The molecule has 2 aliphatic heterocycles. The molecule has 3 rings (SSSR count). The fourth-order valence-corrected chi connectivity index (χ4v) is 3.19. The predicted octanol–water partition coefficient (Wildman–Crippen LogP) is 1.64. The first kappa shape index (κ1) is 11.2. The zero-order valence-corrected chi connectivity index (χ0v) is 10.3. The summed E-state index contributed by atoms with van der Waals surface area (Å²) in [6.07, 6.45) is 7.16. The molecule has 1 spiro atoms. The van der Waals surface area contributed by atoms with Crippen LogP contribution < -0.4 is 5.32 Å². The highest BCUT2D eigenvalue weighted by Crippen LogP contribution is 2.39. The van der Waals surface area contributed by atoms with E-state index in [0.717, 1.165) is 12.3 Å². The van der Waals surface area contributed by atoms with Gasteiger partial charge in [0.05, 0.1) is 12.7 Å². The average molecular weight is 235 g/mol. The minimum absolute atomic E-state index is 0.642. The van der Waals surface area contributed by atoms with Crippen LogP contribution in [0.3, 0.4) is 0 Å². The summed E-state index contributed by atoms with van der Waals surface area (Å²) in [7, 11) is 0. The monoisotopic (exact) mass is 235 g/mol. The van der Waals surface area contributed by atoms with E-state index in [1.54, 1.807) is 6.20 Å². The van der Waals surface area contributed by atoms with Crippen molar-refractivity contribution < 1.29 is 4.52 Å². The van der Waals surface area contributed by atoms with Crippen LogP contribution in [0.15, 0.2) is 16.8 Å². The third kappa shape index (κ3) is 2.53. The van der Waals surface area contributed by atoms with Gasteiger partial charge in [-0.3, -0.25) is 4.90 Å². The van der Waals surface area contributed by atoms with Crippen molar-refractivity contribution in [2.45, 2.75) is 32.2 Å². The molecule has 1 aromatic heterocycles. The van der Waals surface area contributed by atoms with Crippen LogP contribution in [-0.4, -0.2) is 36.2 Å². The van der Waals surface area contributed by atoms with Crippen molar-refractivity contribution in [2.75, 3.05) is 26.2 Å². The SMILES string of the molecule is c1cc(CN2CCC3(CCNCC3)CC2)on1. The van der Waals surface area contributed by atoms with E-state index >= 15 is 0 Å². The van der Waals surface area contributed by atoms with E-state index < -0.39 is 0 Å². The standard InChI is InChI=1S/C13H21N3O/c1-6-15-17-12(1)11-16-9-4-13(5-10-16)2-7-14-8-3-13/h1,6,14H,2-5,7-11H2. The molecule has 2 fully saturated rings. The summed E-state index contributed by atoms with van der Waals surface area (Å²) in [5.41, 5.74) is 0.642. The van der Waals surface area contributed by atoms with Gasteiger partial charge in [-0.05, 0) is 57.3 Å². The number of hydrogen-bond donors (Lipinski definition) is 1. The molecule has 4 heteroatoms. The van der Waals surface area contributed by atoms with Crippen LogP contribution in [0.5, 0.6) is 0 Å². The van der Waals surface area contributed by atoms with E-state index in [2.05, 4.69) is 15.4 Å². The second-order valence-electron chi connectivity index (χ2n) is 5.50. The molecule has 1 N–H and O–H groups in total. The summed E-state index contributed by atoms with van der Waals surface area (Å²) in [5, 5.41) is 7.23. The molecule has 2 saturated heterocycles. The van der Waals surface area contributed by atoms with Crippen molar-refractivity contribution in [1.82, 2.24) is 15.4 Å². The molecule has 94 valence electrons. The lowest BCUT2D eigenvalue weighted by atomic mass is 9.71. The van der Waals surface area contributed by atoms with Gasteiger partial charge in [-0.25, -0.2) is 0 Å². The molecule has 0 unspecified atom stereocenters. The molecule has 1 aromatic rings. The van der Waals surface area contributed by atoms with Crippen molar-refractivity contribution in [3.63, 3.8) is 0 Å². The third-order valence-electron chi connectivity index (χ3n) is 4.45. The van der Waals surface area contributed by atoms with E-state index in [4.69, 9.17) is 4.52 Å². The number of rotatable bonds is 2. The molecule has 0 aromatic carbocycles. The van der Waals surface area contributed by atoms with Crippen molar-refractivity contribution in [1.29, 1.82) is 0 Å². The minimum Gasteiger partial charge on any atom is -0.360 e. The van der Waals surface area contributed by atoms with Gasteiger partial charge in [-0.2, -0.15) is 0 Å². The van der Waals surface area contributed by atoms with Crippen LogP contribution in [0.25, 0.3) is 0 Å². The summed E-state index contributed by atoms with van der Waals surface area (Å²) in [6, 6.07) is 1.97. The molecule has 17 heavy (non-hydrogen) atoms. The number of piperidine rings is 2. The predicted molar refractivity (Wildman–Crippen MR) is 65.6 cm³/mol. The summed E-state index contributed by atoms with van der Waals surface area (Å²) in [4.78, 5) is 2.49. The van der Waals surface area contributed by atoms with Crippen molar-refractivity contribution >= 4 is 0 Å². The maximum atomic E-state index is 5.17. The highest BCUT2D eigenvalue weighted by molar-refractivity contribution is 4.95. The Bertz CT molecular complexity index is 334. The molecule has 0 saturated carbocycles. The van der Waals surface area contributed by atoms with E-state index in [-0.39, 0.29) is 0 Å². The van der Waals surface area contributed by atoms with Crippen LogP contribution in [0, 0.1) is 5.41 Å². The van der Waals surface area contributed by atoms with Gasteiger partial charge in [0.1, 0.15) is 0 Å². The van der Waals surface area contributed by atoms with Crippen LogP contribution in [0.1, 0.15) is 31.4 Å². The Morgan fingerprint density at radius 2 is 2.00 bits per heavy atom. The highest BCUT2D eigenvalue weighted by atomic mass is 16.5. The molecule has 0 aliphatic carbocycles. The van der Waals surface area contributed by atoms with E-state index in [1.165, 1.54) is 51.9 Å². The molecular weight excluding hydrogens is 214 g/mol. The molecule has 3 heterocycles. The average Bonchev–Trinajstić information content (AvgIpc) is 2.87. The van der Waals surface area contributed by atoms with E-state index in [9.17, 15) is 0 Å². The number of hydrogen-bond acceptors (Lipinski definition) is 4. The Balaban J connectivity index is 1.53. The molecular formula is C13H21N3O. The van der Waals surface area contributed by atoms with Crippen molar-refractivity contribution in [2.24, 2.45) is 5.41 Å². The van der Waals surface area contributed by atoms with Crippen LogP contribution in [0.2, 0.25) is 0 Å². The Morgan fingerprint density at radius 1 is 1.24 bits per heavy atom. The highest BCUT2D eigenvalue weighted by Gasteiger charge is 2.35. The summed E-state index contributed by atoms with van der Waals surface area (Å²) >= 11 is 0. The lowest BCUT2D eigenvalue weighted by molar-refractivity contribution is 0.0654. The lowest BCUT2D eigenvalue weighted by Crippen LogP contribution is -2.45. The Kier molecular flexibility index (Phi) is 3.16. The number of nitrogens with one attached hydrogen (secondary N) is 1. The Morgan fingerprint density at radius 3 is 2.65 bits per heavy atom. The van der Waals surface area contributed by atoms with Gasteiger partial charge in [0.2, 0.25) is 0 Å². The Hall–Kier alpha value is -0.870. The van der Waals surface area contributed by atoms with Crippen LogP contribution in [0.4, 0.5) is 0 Å². The summed E-state index contributed by atoms with van der Waals surface area (Å²) in [5.74, 6) is 0.992. The van der Waals surface area contributed by atoms with E-state index in [0.29, 0.717) is 5.41 Å². The van der Waals surface area contributed by atoms with Gasteiger partial charge in [0.15, 0.2) is 5.76 Å². The van der Waals surface area contributed by atoms with Gasteiger partial charge in [0, 0.05) is 6.07 Å². The summed E-state index contributed by atoms with van der Waals surface area (Å²) in [6.45, 7) is 5.76. The first-order valence-corrected chi connectivity index (χ1v) is 6.69. The number of nitrogens with zero attached hydrogens (tertiary/aromatic N) is 2. The zero-order valence-electron chi connectivity index (χ0n) is 10.3. The topological polar surface area (TPSA) is 41.3 Å². The molecule has 4 nitrogen and oxygen atoms in total. The quantitative estimate of drug-likeness (QED) is 0.846. The van der Waals surface area contributed by atoms with Crippen LogP contribution >= 0.6 is 0 Å². The first-order valence-electron chi connectivity index (χ1n) is 6.69. The van der Waals surface area contributed by atoms with Gasteiger partial charge >= 0.3 is 0 Å². The van der Waals surface area contributed by atoms with Crippen LogP contribution in [-0.2, 0) is 6.54 Å². The Labute approximate surface area is 102 Å². The molecule has 0 atom stereocenters. The number of likely N-dealkylation sites (tertiary alicyclic amines) is 1. The number of aromatic nitrogens is 1. The zero-order chi connectivity index (χ0) is 11.6. The largest absolute Gasteiger partial charge is 0.360 e. The molecule has 0 amide bonds. The van der Waals surface area contributed by atoms with Crippen molar-refractivity contribution in [3.05, 3.63) is 18.0 Å². The smallest absolute Gasteiger partial charge is 0.150 e. The normalized spacial score (nSPS) is 25.2. The molecule has 0 bridgehead atoms. The molecule has 2 aliphatic rings. The maximum absolute atomic E-state index is 5.17. The lowest BCUT2D eigenvalue weighted by Gasteiger charge is -2.44. The fraction of sp³-hybridized carbons (Fsp3) is 0.769. The second kappa shape index (κ2) is 4.78. The third-order valence-corrected chi connectivity index (χ3v) is 4.45. The minimum atomic E-state index is 0.642. The summed E-state index contributed by atoms with van der Waals surface area (Å²) < 4.78 is 5.17.